The summed E-state index contributed by atoms with van der Waals surface area (Å²) in [5, 5.41) is 15.2. The highest BCUT2D eigenvalue weighted by molar-refractivity contribution is 6.01. The number of anilines is 1. The van der Waals surface area contributed by atoms with Crippen molar-refractivity contribution in [1.29, 1.82) is 0 Å². The Morgan fingerprint density at radius 2 is 1.80 bits per heavy atom. The summed E-state index contributed by atoms with van der Waals surface area (Å²) >= 11 is 0. The number of nitrogens with zero attached hydrogens (tertiary/aromatic N) is 3. The van der Waals surface area contributed by atoms with Gasteiger partial charge >= 0.3 is 6.03 Å². The molecular weight excluding hydrogens is 520 g/mol. The van der Waals surface area contributed by atoms with Crippen molar-refractivity contribution in [1.82, 2.24) is 20.1 Å². The highest BCUT2D eigenvalue weighted by atomic mass is 19.1. The summed E-state index contributed by atoms with van der Waals surface area (Å²) in [6.07, 6.45) is 5.01. The van der Waals surface area contributed by atoms with Gasteiger partial charge in [-0.25, -0.2) is 13.6 Å². The Hall–Kier alpha value is -3.93. The van der Waals surface area contributed by atoms with Gasteiger partial charge in [0.05, 0.1) is 12.5 Å². The van der Waals surface area contributed by atoms with Crippen LogP contribution in [0.2, 0.25) is 0 Å². The fourth-order valence-corrected chi connectivity index (χ4v) is 5.18. The van der Waals surface area contributed by atoms with Crippen molar-refractivity contribution in [3.8, 4) is 11.5 Å². The first-order valence-electron chi connectivity index (χ1n) is 13.2. The molecule has 0 bridgehead atoms. The molecule has 3 heterocycles. The van der Waals surface area contributed by atoms with Gasteiger partial charge in [0.2, 0.25) is 5.91 Å². The number of aromatic nitrogens is 1. The molecule has 2 saturated heterocycles. The zero-order chi connectivity index (χ0) is 28.1. The first-order chi connectivity index (χ1) is 19.3. The number of aliphatic hydroxyl groups is 1. The molecule has 2 aromatic carbocycles. The Bertz CT molecular complexity index is 1350. The monoisotopic (exact) mass is 551 g/mol. The van der Waals surface area contributed by atoms with E-state index in [0.29, 0.717) is 24.4 Å². The molecule has 5 rings (SSSR count). The Morgan fingerprint density at radius 3 is 2.55 bits per heavy atom. The number of benzene rings is 2. The molecule has 0 aliphatic carbocycles. The van der Waals surface area contributed by atoms with Crippen molar-refractivity contribution >= 4 is 17.6 Å². The van der Waals surface area contributed by atoms with Crippen molar-refractivity contribution in [2.24, 2.45) is 0 Å². The van der Waals surface area contributed by atoms with E-state index in [-0.39, 0.29) is 23.9 Å². The number of nitrogens with one attached hydrogen (secondary N) is 2. The average Bonchev–Trinajstić information content (AvgIpc) is 3.57. The minimum Gasteiger partial charge on any atom is -0.454 e. The van der Waals surface area contributed by atoms with Crippen molar-refractivity contribution < 1.29 is 28.2 Å². The molecule has 3 amide bonds. The van der Waals surface area contributed by atoms with Crippen LogP contribution in [-0.2, 0) is 17.8 Å². The molecule has 9 nitrogen and oxygen atoms in total. The number of carbonyl (C=O) groups excluding carboxylic acids is 2. The molecule has 3 aromatic rings. The summed E-state index contributed by atoms with van der Waals surface area (Å²) in [5.41, 5.74) is 1.44. The van der Waals surface area contributed by atoms with Gasteiger partial charge in [-0.05, 0) is 61.8 Å². The highest BCUT2D eigenvalue weighted by Gasteiger charge is 2.36. The molecule has 2 fully saturated rings. The van der Waals surface area contributed by atoms with E-state index < -0.39 is 29.7 Å². The molecule has 2 aliphatic heterocycles. The van der Waals surface area contributed by atoms with Crippen LogP contribution in [0.4, 0.5) is 19.3 Å². The van der Waals surface area contributed by atoms with E-state index in [0.717, 1.165) is 44.1 Å². The van der Waals surface area contributed by atoms with Gasteiger partial charge in [0, 0.05) is 55.4 Å². The van der Waals surface area contributed by atoms with Crippen LogP contribution in [0, 0.1) is 11.6 Å². The van der Waals surface area contributed by atoms with Crippen LogP contribution in [0.5, 0.6) is 11.5 Å². The van der Waals surface area contributed by atoms with E-state index in [2.05, 4.69) is 25.4 Å². The standard InChI is InChI=1S/C29H31F2N5O4/c30-21-5-3-19(4-6-21)13-28(38)34-29(39)33-22-7-8-27(23(31)14-22)40-26-9-10-32-15-20(26)16-35-17-24(25(37)18-35)36-11-1-2-12-36/h3-10,14-15,24-25,37H,1-2,11-13,16-18H2,(H2,33,34,38,39)/t24-,25-/m1/s1. The summed E-state index contributed by atoms with van der Waals surface area (Å²) in [5.74, 6) is -1.31. The fourth-order valence-electron chi connectivity index (χ4n) is 5.18. The molecular formula is C29H31F2N5O4. The van der Waals surface area contributed by atoms with E-state index in [1.165, 1.54) is 36.4 Å². The van der Waals surface area contributed by atoms with Crippen LogP contribution in [0.1, 0.15) is 24.0 Å². The van der Waals surface area contributed by atoms with Crippen LogP contribution in [0.15, 0.2) is 60.9 Å². The average molecular weight is 552 g/mol. The molecule has 0 spiro atoms. The number of amides is 3. The second-order valence-electron chi connectivity index (χ2n) is 10.1. The largest absolute Gasteiger partial charge is 0.454 e. The maximum absolute atomic E-state index is 14.9. The SMILES string of the molecule is O=C(Cc1ccc(F)cc1)NC(=O)Nc1ccc(Oc2ccncc2CN2C[C@@H](O)[C@H](N3CCCC3)C2)c(F)c1. The van der Waals surface area contributed by atoms with Crippen molar-refractivity contribution in [3.63, 3.8) is 0 Å². The third-order valence-corrected chi connectivity index (χ3v) is 7.14. The molecule has 40 heavy (non-hydrogen) atoms. The predicted molar refractivity (Wildman–Crippen MR) is 144 cm³/mol. The van der Waals surface area contributed by atoms with Crippen LogP contribution in [-0.4, -0.2) is 70.2 Å². The van der Waals surface area contributed by atoms with E-state index in [9.17, 15) is 23.5 Å². The lowest BCUT2D eigenvalue weighted by Gasteiger charge is -2.25. The lowest BCUT2D eigenvalue weighted by molar-refractivity contribution is -0.119. The Kier molecular flexibility index (Phi) is 8.63. The zero-order valence-corrected chi connectivity index (χ0v) is 21.9. The van der Waals surface area contributed by atoms with Crippen LogP contribution in [0.25, 0.3) is 0 Å². The molecule has 1 aromatic heterocycles. The number of β-amino-alcohol motifs (C(OH)–C–C–N with tert-alkyl or cyclic N) is 1. The first-order valence-corrected chi connectivity index (χ1v) is 13.2. The summed E-state index contributed by atoms with van der Waals surface area (Å²) in [6, 6.07) is 10.2. The topological polar surface area (TPSA) is 107 Å². The maximum atomic E-state index is 14.9. The van der Waals surface area contributed by atoms with Gasteiger partial charge in [0.1, 0.15) is 11.6 Å². The summed E-state index contributed by atoms with van der Waals surface area (Å²) in [4.78, 5) is 33.0. The number of urea groups is 1. The maximum Gasteiger partial charge on any atom is 0.325 e. The minimum absolute atomic E-state index is 0.0396. The second kappa shape index (κ2) is 12.5. The number of pyridine rings is 1. The van der Waals surface area contributed by atoms with Crippen LogP contribution < -0.4 is 15.4 Å². The van der Waals surface area contributed by atoms with E-state index in [1.54, 1.807) is 18.5 Å². The Balaban J connectivity index is 1.17. The van der Waals surface area contributed by atoms with Crippen molar-refractivity contribution in [3.05, 3.63) is 83.7 Å². The van der Waals surface area contributed by atoms with Crippen LogP contribution in [0.3, 0.4) is 0 Å². The summed E-state index contributed by atoms with van der Waals surface area (Å²) < 4.78 is 33.8. The second-order valence-corrected chi connectivity index (χ2v) is 10.1. The first kappa shape index (κ1) is 27.6. The Morgan fingerprint density at radius 1 is 1.02 bits per heavy atom. The van der Waals surface area contributed by atoms with Gasteiger partial charge in [0.25, 0.3) is 0 Å². The number of rotatable bonds is 8. The van der Waals surface area contributed by atoms with Gasteiger partial charge in [-0.1, -0.05) is 12.1 Å². The molecule has 3 N–H and O–H groups in total. The quantitative estimate of drug-likeness (QED) is 0.392. The number of hydrogen-bond donors (Lipinski definition) is 3. The van der Waals surface area contributed by atoms with Gasteiger partial charge in [-0.3, -0.25) is 24.9 Å². The number of likely N-dealkylation sites (tertiary alicyclic amines) is 2. The number of aliphatic hydroxyl groups excluding tert-OH is 1. The normalized spacial score (nSPS) is 19.5. The van der Waals surface area contributed by atoms with Crippen molar-refractivity contribution in [2.75, 3.05) is 31.5 Å². The summed E-state index contributed by atoms with van der Waals surface area (Å²) in [6.45, 7) is 3.79. The zero-order valence-electron chi connectivity index (χ0n) is 21.9. The Labute approximate surface area is 230 Å². The van der Waals surface area contributed by atoms with Crippen molar-refractivity contribution in [2.45, 2.75) is 38.0 Å². The molecule has 210 valence electrons. The third-order valence-electron chi connectivity index (χ3n) is 7.14. The molecule has 0 radical (unpaired) electrons. The number of halogens is 2. The van der Waals surface area contributed by atoms with E-state index in [4.69, 9.17) is 4.74 Å². The summed E-state index contributed by atoms with van der Waals surface area (Å²) in [7, 11) is 0. The fraction of sp³-hybridized carbons (Fsp3) is 0.345. The lowest BCUT2D eigenvalue weighted by atomic mass is 10.1. The van der Waals surface area contributed by atoms with E-state index in [1.807, 2.05) is 0 Å². The number of hydrogen-bond acceptors (Lipinski definition) is 7. The van der Waals surface area contributed by atoms with E-state index >= 15 is 0 Å². The highest BCUT2D eigenvalue weighted by Crippen LogP contribution is 2.30. The molecule has 0 unspecified atom stereocenters. The third kappa shape index (κ3) is 6.98. The molecule has 2 atom stereocenters. The predicted octanol–water partition coefficient (Wildman–Crippen LogP) is 3.68. The van der Waals surface area contributed by atoms with Gasteiger partial charge in [-0.2, -0.15) is 0 Å². The molecule has 11 heteroatoms. The van der Waals surface area contributed by atoms with Gasteiger partial charge in [0.15, 0.2) is 11.6 Å². The number of ether oxygens (including phenoxy) is 1. The van der Waals surface area contributed by atoms with Gasteiger partial charge < -0.3 is 15.2 Å². The van der Waals surface area contributed by atoms with Gasteiger partial charge in [-0.15, -0.1) is 0 Å². The van der Waals surface area contributed by atoms with Crippen LogP contribution >= 0.6 is 0 Å². The lowest BCUT2D eigenvalue weighted by Crippen LogP contribution is -2.41. The minimum atomic E-state index is -0.823. The molecule has 2 aliphatic rings. The smallest absolute Gasteiger partial charge is 0.325 e. The number of imide groups is 1. The molecule has 0 saturated carbocycles. The number of carbonyl (C=O) groups is 2.